The zero-order chi connectivity index (χ0) is 17.9. The number of carbonyl (C=O) groups excluding carboxylic acids is 1. The largest absolute Gasteiger partial charge is 0.349 e. The third-order valence-electron chi connectivity index (χ3n) is 5.20. The summed E-state index contributed by atoms with van der Waals surface area (Å²) in [5.41, 5.74) is 8.97. The summed E-state index contributed by atoms with van der Waals surface area (Å²) in [7, 11) is 0. The Hall–Kier alpha value is -2.21. The number of aromatic nitrogens is 2. The van der Waals surface area contributed by atoms with Crippen LogP contribution in [0.25, 0.3) is 22.2 Å². The third kappa shape index (κ3) is 4.43. The number of nitrogens with zero attached hydrogens (tertiary/aromatic N) is 2. The maximum atomic E-state index is 13.1. The Balaban J connectivity index is 0.00000140. The molecule has 1 aliphatic rings. The van der Waals surface area contributed by atoms with E-state index in [4.69, 9.17) is 10.7 Å². The number of fused-ring (bicyclic) bond motifs is 1. The highest BCUT2D eigenvalue weighted by molar-refractivity contribution is 6.07. The second-order valence-electron chi connectivity index (χ2n) is 6.82. The Morgan fingerprint density at radius 1 is 1.14 bits per heavy atom. The van der Waals surface area contributed by atoms with E-state index in [1.807, 2.05) is 42.5 Å². The average molecular weight is 419 g/mol. The molecule has 1 aliphatic carbocycles. The van der Waals surface area contributed by atoms with Crippen LogP contribution in [0.1, 0.15) is 29.6 Å². The molecule has 148 valence electrons. The summed E-state index contributed by atoms with van der Waals surface area (Å²) in [6, 6.07) is 13.6. The molecule has 3 N–H and O–H groups in total. The van der Waals surface area contributed by atoms with Gasteiger partial charge in [0, 0.05) is 29.4 Å². The van der Waals surface area contributed by atoms with Gasteiger partial charge >= 0.3 is 0 Å². The summed E-state index contributed by atoms with van der Waals surface area (Å²) in [5.74, 6) is 0.309. The number of rotatable bonds is 4. The zero-order valence-corrected chi connectivity index (χ0v) is 17.0. The lowest BCUT2D eigenvalue weighted by atomic mass is 10.0. The second kappa shape index (κ2) is 9.82. The molecule has 0 saturated heterocycles. The number of pyridine rings is 2. The molecule has 0 radical (unpaired) electrons. The lowest BCUT2D eigenvalue weighted by Gasteiger charge is -2.20. The first kappa shape index (κ1) is 22.1. The Kier molecular flexibility index (Phi) is 7.75. The van der Waals surface area contributed by atoms with Crippen molar-refractivity contribution in [2.75, 3.05) is 6.54 Å². The fourth-order valence-electron chi connectivity index (χ4n) is 3.78. The van der Waals surface area contributed by atoms with E-state index in [9.17, 15) is 4.79 Å². The number of halogens is 2. The van der Waals surface area contributed by atoms with E-state index in [1.165, 1.54) is 0 Å². The van der Waals surface area contributed by atoms with Crippen LogP contribution in [-0.4, -0.2) is 28.5 Å². The molecule has 1 saturated carbocycles. The smallest absolute Gasteiger partial charge is 0.252 e. The van der Waals surface area contributed by atoms with Crippen LogP contribution in [0, 0.1) is 5.92 Å². The SMILES string of the molecule is Cl.Cl.NCC1CCCC1NC(=O)c1cc(-c2cccnc2)nc2ccccc12. The minimum absolute atomic E-state index is 0. The van der Waals surface area contributed by atoms with E-state index >= 15 is 0 Å². The van der Waals surface area contributed by atoms with Crippen LogP contribution in [0.3, 0.4) is 0 Å². The number of para-hydroxylation sites is 1. The van der Waals surface area contributed by atoms with Crippen molar-refractivity contribution in [1.29, 1.82) is 0 Å². The molecule has 7 heteroatoms. The van der Waals surface area contributed by atoms with Gasteiger partial charge in [0.1, 0.15) is 0 Å². The van der Waals surface area contributed by atoms with Gasteiger partial charge in [0.15, 0.2) is 0 Å². The van der Waals surface area contributed by atoms with Crippen LogP contribution < -0.4 is 11.1 Å². The molecule has 2 atom stereocenters. The molecule has 1 aromatic carbocycles. The molecule has 3 aromatic rings. The summed E-state index contributed by atoms with van der Waals surface area (Å²) in [4.78, 5) is 21.9. The Bertz CT molecular complexity index is 936. The van der Waals surface area contributed by atoms with Gasteiger partial charge in [-0.25, -0.2) is 4.98 Å². The summed E-state index contributed by atoms with van der Waals surface area (Å²) in [6.45, 7) is 0.614. The predicted molar refractivity (Wildman–Crippen MR) is 117 cm³/mol. The standard InChI is InChI=1S/C21H22N4O.2ClH/c22-12-14-5-3-9-18(14)25-21(26)17-11-20(15-6-4-10-23-13-15)24-19-8-2-1-7-16(17)19;;/h1-2,4,6-8,10-11,13-14,18H,3,5,9,12,22H2,(H,25,26);2*1H. The molecule has 0 aliphatic heterocycles. The fourth-order valence-corrected chi connectivity index (χ4v) is 3.78. The van der Waals surface area contributed by atoms with E-state index in [-0.39, 0.29) is 36.8 Å². The van der Waals surface area contributed by atoms with Gasteiger partial charge in [-0.1, -0.05) is 24.6 Å². The van der Waals surface area contributed by atoms with Gasteiger partial charge in [-0.2, -0.15) is 0 Å². The summed E-state index contributed by atoms with van der Waals surface area (Å²) >= 11 is 0. The quantitative estimate of drug-likeness (QED) is 0.670. The zero-order valence-electron chi connectivity index (χ0n) is 15.4. The maximum Gasteiger partial charge on any atom is 0.252 e. The summed E-state index contributed by atoms with van der Waals surface area (Å²) < 4.78 is 0. The highest BCUT2D eigenvalue weighted by atomic mass is 35.5. The van der Waals surface area contributed by atoms with Gasteiger partial charge in [-0.15, -0.1) is 24.8 Å². The second-order valence-corrected chi connectivity index (χ2v) is 6.82. The van der Waals surface area contributed by atoms with E-state index in [0.29, 0.717) is 18.0 Å². The molecule has 2 aromatic heterocycles. The van der Waals surface area contributed by atoms with Gasteiger partial charge in [-0.05, 0) is 49.6 Å². The van der Waals surface area contributed by atoms with Crippen LogP contribution in [0.5, 0.6) is 0 Å². The van der Waals surface area contributed by atoms with Crippen molar-refractivity contribution in [1.82, 2.24) is 15.3 Å². The highest BCUT2D eigenvalue weighted by Crippen LogP contribution is 2.27. The van der Waals surface area contributed by atoms with E-state index in [1.54, 1.807) is 12.4 Å². The van der Waals surface area contributed by atoms with E-state index in [2.05, 4.69) is 10.3 Å². The Morgan fingerprint density at radius 2 is 1.96 bits per heavy atom. The van der Waals surface area contributed by atoms with Crippen molar-refractivity contribution >= 4 is 41.6 Å². The van der Waals surface area contributed by atoms with E-state index < -0.39 is 0 Å². The Morgan fingerprint density at radius 3 is 2.71 bits per heavy atom. The molecule has 0 spiro atoms. The Labute approximate surface area is 177 Å². The van der Waals surface area contributed by atoms with Crippen LogP contribution in [-0.2, 0) is 0 Å². The van der Waals surface area contributed by atoms with Crippen LogP contribution in [0.4, 0.5) is 0 Å². The van der Waals surface area contributed by atoms with Gasteiger partial charge < -0.3 is 11.1 Å². The number of nitrogens with two attached hydrogens (primary N) is 1. The first-order chi connectivity index (χ1) is 12.8. The molecule has 0 bridgehead atoms. The first-order valence-corrected chi connectivity index (χ1v) is 9.07. The minimum Gasteiger partial charge on any atom is -0.349 e. The highest BCUT2D eigenvalue weighted by Gasteiger charge is 2.28. The topological polar surface area (TPSA) is 80.9 Å². The van der Waals surface area contributed by atoms with Gasteiger partial charge in [0.2, 0.25) is 0 Å². The molecule has 5 nitrogen and oxygen atoms in total. The molecule has 2 unspecified atom stereocenters. The van der Waals surface area contributed by atoms with Crippen molar-refractivity contribution < 1.29 is 4.79 Å². The van der Waals surface area contributed by atoms with Crippen LogP contribution in [0.2, 0.25) is 0 Å². The van der Waals surface area contributed by atoms with Gasteiger partial charge in [0.25, 0.3) is 5.91 Å². The van der Waals surface area contributed by atoms with Crippen molar-refractivity contribution in [3.8, 4) is 11.3 Å². The number of hydrogen-bond donors (Lipinski definition) is 2. The van der Waals surface area contributed by atoms with Crippen molar-refractivity contribution in [3.05, 3.63) is 60.4 Å². The molecular weight excluding hydrogens is 395 g/mol. The van der Waals surface area contributed by atoms with Gasteiger partial charge in [0.05, 0.1) is 16.8 Å². The molecule has 2 heterocycles. The lowest BCUT2D eigenvalue weighted by Crippen LogP contribution is -2.40. The van der Waals surface area contributed by atoms with E-state index in [0.717, 1.165) is 41.4 Å². The molecule has 28 heavy (non-hydrogen) atoms. The van der Waals surface area contributed by atoms with Crippen molar-refractivity contribution in [2.24, 2.45) is 11.7 Å². The monoisotopic (exact) mass is 418 g/mol. The first-order valence-electron chi connectivity index (χ1n) is 9.07. The maximum absolute atomic E-state index is 13.1. The number of hydrogen-bond acceptors (Lipinski definition) is 4. The van der Waals surface area contributed by atoms with Crippen molar-refractivity contribution in [2.45, 2.75) is 25.3 Å². The number of amides is 1. The summed E-state index contributed by atoms with van der Waals surface area (Å²) in [6.07, 6.45) is 6.68. The lowest BCUT2D eigenvalue weighted by molar-refractivity contribution is 0.0930. The van der Waals surface area contributed by atoms with Crippen molar-refractivity contribution in [3.63, 3.8) is 0 Å². The van der Waals surface area contributed by atoms with Gasteiger partial charge in [-0.3, -0.25) is 9.78 Å². The predicted octanol–water partition coefficient (Wildman–Crippen LogP) is 4.00. The normalized spacial score (nSPS) is 18.2. The summed E-state index contributed by atoms with van der Waals surface area (Å²) in [5, 5.41) is 4.07. The fraction of sp³-hybridized carbons (Fsp3) is 0.286. The number of nitrogens with one attached hydrogen (secondary N) is 1. The molecule has 4 rings (SSSR count). The third-order valence-corrected chi connectivity index (χ3v) is 5.20. The molecule has 1 fully saturated rings. The molecular formula is C21H24Cl2N4O. The van der Waals surface area contributed by atoms with Crippen LogP contribution >= 0.6 is 24.8 Å². The minimum atomic E-state index is -0.0564. The van der Waals surface area contributed by atoms with Crippen LogP contribution in [0.15, 0.2) is 54.9 Å². The molecule has 1 amide bonds. The average Bonchev–Trinajstić information content (AvgIpc) is 3.14. The number of benzene rings is 1. The number of carbonyl (C=O) groups is 1.